The van der Waals surface area contributed by atoms with Crippen molar-refractivity contribution in [2.24, 2.45) is 0 Å². The summed E-state index contributed by atoms with van der Waals surface area (Å²) in [6.07, 6.45) is 3.50. The smallest absolute Gasteiger partial charge is 0.253 e. The first kappa shape index (κ1) is 17.0. The molecule has 0 unspecified atom stereocenters. The molecular weight excluding hydrogens is 302 g/mol. The highest BCUT2D eigenvalue weighted by Gasteiger charge is 2.25. The Bertz CT molecular complexity index is 571. The third-order valence-electron chi connectivity index (χ3n) is 5.03. The first-order chi connectivity index (χ1) is 11.6. The molecule has 2 aliphatic heterocycles. The average molecular weight is 329 g/mol. The summed E-state index contributed by atoms with van der Waals surface area (Å²) in [5.74, 6) is 0.338. The van der Waals surface area contributed by atoms with Crippen molar-refractivity contribution in [1.82, 2.24) is 14.7 Å². The summed E-state index contributed by atoms with van der Waals surface area (Å²) in [7, 11) is 0. The number of piperidine rings is 1. The number of aryl methyl sites for hydroxylation is 1. The van der Waals surface area contributed by atoms with Crippen LogP contribution in [0.1, 0.15) is 35.2 Å². The molecule has 24 heavy (non-hydrogen) atoms. The van der Waals surface area contributed by atoms with Crippen molar-refractivity contribution in [3.8, 4) is 0 Å². The molecule has 0 atom stereocenters. The van der Waals surface area contributed by atoms with Crippen LogP contribution in [-0.2, 0) is 4.79 Å². The van der Waals surface area contributed by atoms with Crippen LogP contribution in [0.5, 0.6) is 0 Å². The normalized spacial score (nSPS) is 19.4. The van der Waals surface area contributed by atoms with Gasteiger partial charge in [0.25, 0.3) is 5.91 Å². The van der Waals surface area contributed by atoms with Gasteiger partial charge in [0.2, 0.25) is 5.91 Å². The Morgan fingerprint density at radius 2 is 1.46 bits per heavy atom. The highest BCUT2D eigenvalue weighted by molar-refractivity contribution is 5.94. The molecule has 0 aromatic heterocycles. The highest BCUT2D eigenvalue weighted by Crippen LogP contribution is 2.12. The quantitative estimate of drug-likeness (QED) is 0.849. The van der Waals surface area contributed by atoms with E-state index in [-0.39, 0.29) is 11.8 Å². The second-order valence-corrected chi connectivity index (χ2v) is 6.88. The minimum atomic E-state index is 0.0945. The van der Waals surface area contributed by atoms with Gasteiger partial charge >= 0.3 is 0 Å². The van der Waals surface area contributed by atoms with Gasteiger partial charge in [-0.1, -0.05) is 17.7 Å². The molecule has 1 aromatic carbocycles. The molecule has 0 radical (unpaired) electrons. The summed E-state index contributed by atoms with van der Waals surface area (Å²) >= 11 is 0. The molecule has 130 valence electrons. The third-order valence-corrected chi connectivity index (χ3v) is 5.03. The van der Waals surface area contributed by atoms with Crippen LogP contribution in [0.25, 0.3) is 0 Å². The van der Waals surface area contributed by atoms with E-state index in [1.165, 1.54) is 6.42 Å². The maximum atomic E-state index is 12.5. The van der Waals surface area contributed by atoms with Gasteiger partial charge in [0.15, 0.2) is 0 Å². The van der Waals surface area contributed by atoms with E-state index >= 15 is 0 Å². The number of likely N-dealkylation sites (tertiary alicyclic amines) is 1. The van der Waals surface area contributed by atoms with E-state index in [1.54, 1.807) is 0 Å². The molecule has 0 bridgehead atoms. The molecule has 2 aliphatic rings. The van der Waals surface area contributed by atoms with Crippen molar-refractivity contribution in [1.29, 1.82) is 0 Å². The van der Waals surface area contributed by atoms with Crippen LogP contribution in [0.3, 0.4) is 0 Å². The molecule has 0 spiro atoms. The summed E-state index contributed by atoms with van der Waals surface area (Å²) in [6, 6.07) is 7.73. The van der Waals surface area contributed by atoms with Gasteiger partial charge in [-0.3, -0.25) is 14.5 Å². The van der Waals surface area contributed by atoms with Crippen LogP contribution < -0.4 is 0 Å². The lowest BCUT2D eigenvalue weighted by Crippen LogP contribution is -2.52. The number of rotatable bonds is 3. The van der Waals surface area contributed by atoms with E-state index in [4.69, 9.17) is 0 Å². The van der Waals surface area contributed by atoms with Gasteiger partial charge in [-0.25, -0.2) is 0 Å². The second-order valence-electron chi connectivity index (χ2n) is 6.88. The minimum Gasteiger partial charge on any atom is -0.342 e. The van der Waals surface area contributed by atoms with Crippen LogP contribution in [0.2, 0.25) is 0 Å². The van der Waals surface area contributed by atoms with Crippen molar-refractivity contribution in [2.45, 2.75) is 26.2 Å². The van der Waals surface area contributed by atoms with Gasteiger partial charge in [0, 0.05) is 44.8 Å². The van der Waals surface area contributed by atoms with E-state index in [0.29, 0.717) is 19.6 Å². The SMILES string of the molecule is Cc1ccc(C(=O)N2CCN(CC(=O)N3CCCCC3)CC2)cc1. The zero-order valence-corrected chi connectivity index (χ0v) is 14.5. The number of carbonyl (C=O) groups excluding carboxylic acids is 2. The Labute approximate surface area is 144 Å². The molecule has 0 N–H and O–H groups in total. The lowest BCUT2D eigenvalue weighted by molar-refractivity contribution is -0.133. The molecule has 5 heteroatoms. The monoisotopic (exact) mass is 329 g/mol. The molecule has 2 heterocycles. The molecule has 3 rings (SSSR count). The average Bonchev–Trinajstić information content (AvgIpc) is 2.63. The van der Waals surface area contributed by atoms with Crippen LogP contribution in [0, 0.1) is 6.92 Å². The third kappa shape index (κ3) is 4.15. The number of amides is 2. The van der Waals surface area contributed by atoms with Crippen LogP contribution in [0.4, 0.5) is 0 Å². The Morgan fingerprint density at radius 1 is 0.833 bits per heavy atom. The number of hydrogen-bond acceptors (Lipinski definition) is 3. The Hall–Kier alpha value is -1.88. The van der Waals surface area contributed by atoms with Crippen LogP contribution in [0.15, 0.2) is 24.3 Å². The highest BCUT2D eigenvalue weighted by atomic mass is 16.2. The summed E-state index contributed by atoms with van der Waals surface area (Å²) in [6.45, 7) is 7.27. The number of carbonyl (C=O) groups is 2. The molecule has 2 saturated heterocycles. The minimum absolute atomic E-state index is 0.0945. The zero-order chi connectivity index (χ0) is 16.9. The molecule has 0 aliphatic carbocycles. The molecule has 1 aromatic rings. The summed E-state index contributed by atoms with van der Waals surface area (Å²) in [5, 5.41) is 0. The fraction of sp³-hybridized carbons (Fsp3) is 0.579. The van der Waals surface area contributed by atoms with E-state index < -0.39 is 0 Å². The lowest BCUT2D eigenvalue weighted by Gasteiger charge is -2.36. The first-order valence-electron chi connectivity index (χ1n) is 8.99. The van der Waals surface area contributed by atoms with Crippen molar-refractivity contribution in [3.63, 3.8) is 0 Å². The summed E-state index contributed by atoms with van der Waals surface area (Å²) in [4.78, 5) is 30.9. The molecule has 0 saturated carbocycles. The van der Waals surface area contributed by atoms with E-state index in [0.717, 1.165) is 50.1 Å². The Morgan fingerprint density at radius 3 is 2.08 bits per heavy atom. The van der Waals surface area contributed by atoms with E-state index in [1.807, 2.05) is 41.0 Å². The molecule has 2 fully saturated rings. The van der Waals surface area contributed by atoms with Crippen molar-refractivity contribution >= 4 is 11.8 Å². The van der Waals surface area contributed by atoms with Crippen LogP contribution >= 0.6 is 0 Å². The second kappa shape index (κ2) is 7.79. The standard InChI is InChI=1S/C19H27N3O2/c1-16-5-7-17(8-6-16)19(24)22-13-11-20(12-14-22)15-18(23)21-9-3-2-4-10-21/h5-8H,2-4,9-15H2,1H3. The Kier molecular flexibility index (Phi) is 5.51. The summed E-state index contributed by atoms with van der Waals surface area (Å²) in [5.41, 5.74) is 1.91. The molecule has 2 amide bonds. The van der Waals surface area contributed by atoms with E-state index in [9.17, 15) is 9.59 Å². The summed E-state index contributed by atoms with van der Waals surface area (Å²) < 4.78 is 0. The van der Waals surface area contributed by atoms with Crippen molar-refractivity contribution in [2.75, 3.05) is 45.8 Å². The van der Waals surface area contributed by atoms with Crippen LogP contribution in [-0.4, -0.2) is 72.3 Å². The topological polar surface area (TPSA) is 43.9 Å². The van der Waals surface area contributed by atoms with Gasteiger partial charge in [-0.2, -0.15) is 0 Å². The lowest BCUT2D eigenvalue weighted by atomic mass is 10.1. The predicted octanol–water partition coefficient (Wildman–Crippen LogP) is 1.77. The molecular formula is C19H27N3O2. The number of piperazine rings is 1. The maximum absolute atomic E-state index is 12.5. The van der Waals surface area contributed by atoms with Gasteiger partial charge in [-0.05, 0) is 38.3 Å². The predicted molar refractivity (Wildman–Crippen MR) is 94.0 cm³/mol. The van der Waals surface area contributed by atoms with Gasteiger partial charge < -0.3 is 9.80 Å². The fourth-order valence-electron chi connectivity index (χ4n) is 3.42. The van der Waals surface area contributed by atoms with E-state index in [2.05, 4.69) is 4.90 Å². The van der Waals surface area contributed by atoms with Gasteiger partial charge in [-0.15, -0.1) is 0 Å². The fourth-order valence-corrected chi connectivity index (χ4v) is 3.42. The number of benzene rings is 1. The number of hydrogen-bond donors (Lipinski definition) is 0. The zero-order valence-electron chi connectivity index (χ0n) is 14.5. The van der Waals surface area contributed by atoms with Gasteiger partial charge in [0.05, 0.1) is 6.54 Å². The Balaban J connectivity index is 1.47. The first-order valence-corrected chi connectivity index (χ1v) is 8.99. The molecule has 5 nitrogen and oxygen atoms in total. The largest absolute Gasteiger partial charge is 0.342 e. The van der Waals surface area contributed by atoms with Gasteiger partial charge in [0.1, 0.15) is 0 Å². The number of nitrogens with zero attached hydrogens (tertiary/aromatic N) is 3. The van der Waals surface area contributed by atoms with Crippen molar-refractivity contribution < 1.29 is 9.59 Å². The maximum Gasteiger partial charge on any atom is 0.253 e. The van der Waals surface area contributed by atoms with Crippen molar-refractivity contribution in [3.05, 3.63) is 35.4 Å².